The Balaban J connectivity index is 0.969. The van der Waals surface area contributed by atoms with Gasteiger partial charge < -0.3 is 13.9 Å². The first kappa shape index (κ1) is 38.1. The summed E-state index contributed by atoms with van der Waals surface area (Å²) < 4.78 is 9.12. The molecule has 0 spiro atoms. The Morgan fingerprint density at radius 1 is 0.379 bits per heavy atom. The predicted octanol–water partition coefficient (Wildman–Crippen LogP) is 17.5. The highest BCUT2D eigenvalue weighted by atomic mass is 16.3. The van der Waals surface area contributed by atoms with Gasteiger partial charge in [0.05, 0.1) is 22.1 Å². The topological polar surface area (TPSA) is 21.3 Å². The van der Waals surface area contributed by atoms with Gasteiger partial charge in [-0.1, -0.05) is 172 Å². The molecule has 2 heterocycles. The number of rotatable bonds is 7. The van der Waals surface area contributed by atoms with Crippen molar-refractivity contribution in [2.75, 3.05) is 4.90 Å². The Morgan fingerprint density at radius 2 is 0.970 bits per heavy atom. The first-order chi connectivity index (χ1) is 32.5. The van der Waals surface area contributed by atoms with Crippen molar-refractivity contribution >= 4 is 60.8 Å². The summed E-state index contributed by atoms with van der Waals surface area (Å²) in [5.41, 5.74) is 20.7. The molecule has 0 N–H and O–H groups in total. The quantitative estimate of drug-likeness (QED) is 0.159. The average Bonchev–Trinajstić information content (AvgIpc) is 4.00. The third kappa shape index (κ3) is 5.97. The third-order valence-electron chi connectivity index (χ3n) is 14.0. The van der Waals surface area contributed by atoms with Gasteiger partial charge in [0, 0.05) is 38.6 Å². The van der Waals surface area contributed by atoms with Gasteiger partial charge in [0.2, 0.25) is 0 Å². The maximum Gasteiger partial charge on any atom is 0.137 e. The lowest BCUT2D eigenvalue weighted by Crippen LogP contribution is -2.16. The van der Waals surface area contributed by atoms with E-state index in [2.05, 4.69) is 254 Å². The van der Waals surface area contributed by atoms with Crippen LogP contribution in [0, 0.1) is 0 Å². The molecule has 312 valence electrons. The summed E-state index contributed by atoms with van der Waals surface area (Å²) in [5.74, 6) is 0. The van der Waals surface area contributed by atoms with Crippen LogP contribution in [0.1, 0.15) is 25.0 Å². The highest BCUT2D eigenvalue weighted by Gasteiger charge is 2.36. The number of nitrogens with zero attached hydrogens (tertiary/aromatic N) is 2. The molecule has 2 aromatic heterocycles. The summed E-state index contributed by atoms with van der Waals surface area (Å²) in [6.45, 7) is 4.71. The molecule has 0 amide bonds. The first-order valence-electron chi connectivity index (χ1n) is 22.8. The number of hydrogen-bond acceptors (Lipinski definition) is 2. The van der Waals surface area contributed by atoms with Crippen molar-refractivity contribution in [1.82, 2.24) is 4.57 Å². The molecule has 13 rings (SSSR count). The zero-order chi connectivity index (χ0) is 43.9. The standard InChI is InChI=1S/C63H44N2O/c1-63(2)55-20-11-9-18-50(55)51-36-34-49(40-56(51)63)64(48-32-28-44(29-33-48)43-26-24-42(25-27-43)41-14-5-3-6-15-41)58-22-13-23-61-62(58)54-38-45(31-37-60(54)66-61)46-30-35-53-52-19-10-12-21-57(52)65(59(53)39-46)47-16-7-4-8-17-47/h3-40H,1-2H3. The monoisotopic (exact) mass is 844 g/mol. The lowest BCUT2D eigenvalue weighted by atomic mass is 9.82. The van der Waals surface area contributed by atoms with Crippen molar-refractivity contribution in [3.63, 3.8) is 0 Å². The van der Waals surface area contributed by atoms with Gasteiger partial charge in [-0.3, -0.25) is 0 Å². The third-order valence-corrected chi connectivity index (χ3v) is 14.0. The molecule has 1 aliphatic rings. The number of furan rings is 1. The van der Waals surface area contributed by atoms with E-state index in [9.17, 15) is 0 Å². The fourth-order valence-corrected chi connectivity index (χ4v) is 10.7. The van der Waals surface area contributed by atoms with Gasteiger partial charge in [0.1, 0.15) is 11.2 Å². The number of para-hydroxylation sites is 2. The fraction of sp³-hybridized carbons (Fsp3) is 0.0476. The zero-order valence-corrected chi connectivity index (χ0v) is 36.7. The van der Waals surface area contributed by atoms with Gasteiger partial charge in [-0.2, -0.15) is 0 Å². The Labute approximate surface area is 384 Å². The normalized spacial score (nSPS) is 12.8. The van der Waals surface area contributed by atoms with Crippen molar-refractivity contribution in [1.29, 1.82) is 0 Å². The number of aromatic nitrogens is 1. The predicted molar refractivity (Wildman–Crippen MR) is 277 cm³/mol. The van der Waals surface area contributed by atoms with E-state index >= 15 is 0 Å². The van der Waals surface area contributed by atoms with E-state index in [0.29, 0.717) is 0 Å². The molecule has 0 radical (unpaired) electrons. The van der Waals surface area contributed by atoms with Crippen molar-refractivity contribution < 1.29 is 4.42 Å². The van der Waals surface area contributed by atoms with Gasteiger partial charge in [-0.25, -0.2) is 0 Å². The van der Waals surface area contributed by atoms with Crippen LogP contribution < -0.4 is 4.90 Å². The van der Waals surface area contributed by atoms with Crippen molar-refractivity contribution in [3.8, 4) is 50.2 Å². The van der Waals surface area contributed by atoms with Gasteiger partial charge in [0.25, 0.3) is 0 Å². The number of anilines is 3. The summed E-state index contributed by atoms with van der Waals surface area (Å²) in [6, 6.07) is 83.8. The zero-order valence-electron chi connectivity index (χ0n) is 36.7. The van der Waals surface area contributed by atoms with Gasteiger partial charge >= 0.3 is 0 Å². The van der Waals surface area contributed by atoms with Crippen LogP contribution in [0.3, 0.4) is 0 Å². The van der Waals surface area contributed by atoms with Crippen LogP contribution in [0.5, 0.6) is 0 Å². The molecular formula is C63H44N2O. The minimum Gasteiger partial charge on any atom is -0.456 e. The maximum absolute atomic E-state index is 6.73. The number of benzene rings is 10. The van der Waals surface area contributed by atoms with Crippen LogP contribution in [0.2, 0.25) is 0 Å². The Kier molecular flexibility index (Phi) is 8.56. The van der Waals surface area contributed by atoms with Crippen molar-refractivity contribution in [2.45, 2.75) is 19.3 Å². The summed E-state index contributed by atoms with van der Waals surface area (Å²) >= 11 is 0. The second-order valence-electron chi connectivity index (χ2n) is 18.1. The summed E-state index contributed by atoms with van der Waals surface area (Å²) in [7, 11) is 0. The minimum absolute atomic E-state index is 0.153. The molecule has 0 atom stereocenters. The molecule has 0 bridgehead atoms. The van der Waals surface area contributed by atoms with E-state index in [0.717, 1.165) is 55.8 Å². The van der Waals surface area contributed by atoms with E-state index in [4.69, 9.17) is 4.42 Å². The second kappa shape index (κ2) is 14.8. The molecule has 3 heteroatoms. The molecule has 0 unspecified atom stereocenters. The largest absolute Gasteiger partial charge is 0.456 e. The summed E-state index contributed by atoms with van der Waals surface area (Å²) in [6.07, 6.45) is 0. The first-order valence-corrected chi connectivity index (χ1v) is 22.8. The van der Waals surface area contributed by atoms with Crippen LogP contribution in [-0.4, -0.2) is 4.57 Å². The summed E-state index contributed by atoms with van der Waals surface area (Å²) in [5, 5.41) is 4.65. The molecule has 0 saturated heterocycles. The molecule has 0 fully saturated rings. The van der Waals surface area contributed by atoms with Gasteiger partial charge in [-0.15, -0.1) is 0 Å². The minimum atomic E-state index is -0.153. The molecule has 0 saturated carbocycles. The lowest BCUT2D eigenvalue weighted by Gasteiger charge is -2.29. The number of hydrogen-bond donors (Lipinski definition) is 0. The Morgan fingerprint density at radius 3 is 1.76 bits per heavy atom. The Hall–Kier alpha value is -8.40. The number of fused-ring (bicyclic) bond motifs is 9. The van der Waals surface area contributed by atoms with Crippen molar-refractivity contribution in [3.05, 3.63) is 242 Å². The average molecular weight is 845 g/mol. The molecule has 3 nitrogen and oxygen atoms in total. The van der Waals surface area contributed by atoms with Crippen LogP contribution in [0.15, 0.2) is 235 Å². The van der Waals surface area contributed by atoms with E-state index < -0.39 is 0 Å². The van der Waals surface area contributed by atoms with Crippen LogP contribution >= 0.6 is 0 Å². The van der Waals surface area contributed by atoms with Crippen LogP contribution in [0.25, 0.3) is 93.9 Å². The SMILES string of the molecule is CC1(C)c2ccccc2-c2ccc(N(c3ccc(-c4ccc(-c5ccccc5)cc4)cc3)c3cccc4oc5ccc(-c6ccc7c8ccccc8n(-c8ccccc8)c7c6)cc5c34)cc21. The van der Waals surface area contributed by atoms with E-state index in [1.165, 1.54) is 66.3 Å². The molecule has 10 aromatic carbocycles. The van der Waals surface area contributed by atoms with Crippen LogP contribution in [-0.2, 0) is 5.41 Å². The lowest BCUT2D eigenvalue weighted by molar-refractivity contribution is 0.660. The molecular weight excluding hydrogens is 801 g/mol. The van der Waals surface area contributed by atoms with E-state index in [1.807, 2.05) is 0 Å². The summed E-state index contributed by atoms with van der Waals surface area (Å²) in [4.78, 5) is 2.43. The smallest absolute Gasteiger partial charge is 0.137 e. The highest BCUT2D eigenvalue weighted by Crippen LogP contribution is 2.52. The highest BCUT2D eigenvalue weighted by molar-refractivity contribution is 6.15. The van der Waals surface area contributed by atoms with Crippen molar-refractivity contribution in [2.24, 2.45) is 0 Å². The van der Waals surface area contributed by atoms with E-state index in [-0.39, 0.29) is 5.41 Å². The molecule has 1 aliphatic carbocycles. The molecule has 0 aliphatic heterocycles. The molecule has 66 heavy (non-hydrogen) atoms. The Bertz CT molecular complexity index is 3820. The van der Waals surface area contributed by atoms with Crippen LogP contribution in [0.4, 0.5) is 17.1 Å². The van der Waals surface area contributed by atoms with Gasteiger partial charge in [0.15, 0.2) is 0 Å². The maximum atomic E-state index is 6.73. The fourth-order valence-electron chi connectivity index (χ4n) is 10.7. The van der Waals surface area contributed by atoms with E-state index in [1.54, 1.807) is 0 Å². The molecule has 12 aromatic rings. The van der Waals surface area contributed by atoms with Gasteiger partial charge in [-0.05, 0) is 128 Å². The second-order valence-corrected chi connectivity index (χ2v) is 18.1.